The normalized spacial score (nSPS) is 20.0. The van der Waals surface area contributed by atoms with Gasteiger partial charge in [-0.15, -0.1) is 11.3 Å². The van der Waals surface area contributed by atoms with Crippen molar-refractivity contribution in [2.45, 2.75) is 44.6 Å². The highest BCUT2D eigenvalue weighted by Crippen LogP contribution is 2.41. The Morgan fingerprint density at radius 2 is 1.69 bits per heavy atom. The first-order valence-electron chi connectivity index (χ1n) is 10.7. The largest absolute Gasteiger partial charge is 0.465 e. The van der Waals surface area contributed by atoms with Gasteiger partial charge in [0.1, 0.15) is 0 Å². The van der Waals surface area contributed by atoms with Gasteiger partial charge in [0.15, 0.2) is 0 Å². The second kappa shape index (κ2) is 9.71. The molecule has 3 atom stereocenters. The van der Waals surface area contributed by atoms with Crippen molar-refractivity contribution in [2.24, 2.45) is 5.92 Å². The molecule has 3 rings (SSSR count). The molecule has 1 fully saturated rings. The zero-order valence-electron chi connectivity index (χ0n) is 19.1. The van der Waals surface area contributed by atoms with Gasteiger partial charge in [0, 0.05) is 36.9 Å². The Morgan fingerprint density at radius 1 is 1.11 bits per heavy atom. The lowest BCUT2D eigenvalue weighted by Crippen LogP contribution is -2.47. The molecule has 2 aromatic rings. The lowest BCUT2D eigenvalue weighted by Gasteiger charge is -2.39. The highest BCUT2D eigenvalue weighted by molar-refractivity contribution is 7.10. The first-order chi connectivity index (χ1) is 16.1. The number of amides is 2. The molecule has 192 valence electrons. The number of rotatable bonds is 4. The fourth-order valence-electron chi connectivity index (χ4n) is 4.35. The number of piperidine rings is 1. The van der Waals surface area contributed by atoms with E-state index in [1.165, 1.54) is 30.2 Å². The smallest absolute Gasteiger partial charge is 0.416 e. The molecule has 1 aromatic heterocycles. The van der Waals surface area contributed by atoms with Crippen LogP contribution in [0.2, 0.25) is 0 Å². The van der Waals surface area contributed by atoms with Crippen molar-refractivity contribution >= 4 is 23.3 Å². The van der Waals surface area contributed by atoms with E-state index in [0.717, 1.165) is 15.3 Å². The van der Waals surface area contributed by atoms with E-state index in [2.05, 4.69) is 0 Å². The summed E-state index contributed by atoms with van der Waals surface area (Å²) in [6.07, 6.45) is -10.9. The molecule has 1 aromatic carbocycles. The number of hydrogen-bond donors (Lipinski definition) is 1. The Kier molecular flexibility index (Phi) is 7.45. The van der Waals surface area contributed by atoms with Gasteiger partial charge < -0.3 is 14.9 Å². The second-order valence-electron chi connectivity index (χ2n) is 8.66. The summed E-state index contributed by atoms with van der Waals surface area (Å²) in [5.74, 6) is -1.62. The first kappa shape index (κ1) is 26.8. The Labute approximate surface area is 201 Å². The number of aryl methyl sites for hydroxylation is 1. The maximum atomic E-state index is 13.5. The van der Waals surface area contributed by atoms with Crippen molar-refractivity contribution in [2.75, 3.05) is 20.1 Å². The third-order valence-electron chi connectivity index (χ3n) is 6.46. The highest BCUT2D eigenvalue weighted by atomic mass is 32.1. The zero-order chi connectivity index (χ0) is 26.3. The molecule has 1 aliphatic heterocycles. The molecule has 0 aliphatic carbocycles. The number of halogens is 6. The molecule has 0 saturated carbocycles. The van der Waals surface area contributed by atoms with Crippen LogP contribution in [0.3, 0.4) is 0 Å². The van der Waals surface area contributed by atoms with Crippen LogP contribution in [-0.4, -0.2) is 47.0 Å². The van der Waals surface area contributed by atoms with Crippen molar-refractivity contribution in [3.63, 3.8) is 0 Å². The molecule has 1 aliphatic rings. The highest BCUT2D eigenvalue weighted by Gasteiger charge is 2.41. The number of alkyl halides is 6. The SMILES string of the molecule is Cc1ccsc1[C@H]1CN(C(=O)O)CC[C@@H]1C(=O)N(C)[C@@H](C)c1cc(C(F)(F)F)cc(C(F)(F)F)c1. The molecule has 0 bridgehead atoms. The molecule has 35 heavy (non-hydrogen) atoms. The Bertz CT molecular complexity index is 1070. The molecule has 0 unspecified atom stereocenters. The molecule has 1 saturated heterocycles. The number of carboxylic acid groups (broad SMARTS) is 1. The summed E-state index contributed by atoms with van der Waals surface area (Å²) >= 11 is 1.38. The van der Waals surface area contributed by atoms with E-state index in [0.29, 0.717) is 12.1 Å². The van der Waals surface area contributed by atoms with Crippen molar-refractivity contribution in [3.8, 4) is 0 Å². The summed E-state index contributed by atoms with van der Waals surface area (Å²) < 4.78 is 79.8. The predicted molar refractivity (Wildman–Crippen MR) is 117 cm³/mol. The summed E-state index contributed by atoms with van der Waals surface area (Å²) in [7, 11) is 1.34. The van der Waals surface area contributed by atoms with Gasteiger partial charge in [-0.1, -0.05) is 0 Å². The van der Waals surface area contributed by atoms with Gasteiger partial charge in [0.25, 0.3) is 0 Å². The molecule has 12 heteroatoms. The fraction of sp³-hybridized carbons (Fsp3) is 0.478. The maximum absolute atomic E-state index is 13.5. The minimum absolute atomic E-state index is 0.0509. The van der Waals surface area contributed by atoms with Crippen LogP contribution in [0.15, 0.2) is 29.6 Å². The van der Waals surface area contributed by atoms with Crippen LogP contribution >= 0.6 is 11.3 Å². The van der Waals surface area contributed by atoms with Crippen molar-refractivity contribution < 1.29 is 41.0 Å². The van der Waals surface area contributed by atoms with Gasteiger partial charge in [0.2, 0.25) is 5.91 Å². The van der Waals surface area contributed by atoms with Crippen LogP contribution in [0.25, 0.3) is 0 Å². The summed E-state index contributed by atoms with van der Waals surface area (Å²) in [5, 5.41) is 11.2. The fourth-order valence-corrected chi connectivity index (χ4v) is 5.43. The minimum Gasteiger partial charge on any atom is -0.465 e. The van der Waals surface area contributed by atoms with E-state index >= 15 is 0 Å². The summed E-state index contributed by atoms with van der Waals surface area (Å²) in [5.41, 5.74) is -2.31. The minimum atomic E-state index is -5.00. The third kappa shape index (κ3) is 5.74. The Morgan fingerprint density at radius 3 is 2.14 bits per heavy atom. The maximum Gasteiger partial charge on any atom is 0.416 e. The molecular weight excluding hydrogens is 498 g/mol. The Balaban J connectivity index is 1.94. The molecule has 1 N–H and O–H groups in total. The number of benzene rings is 1. The lowest BCUT2D eigenvalue weighted by atomic mass is 9.82. The monoisotopic (exact) mass is 522 g/mol. The van der Waals surface area contributed by atoms with Gasteiger partial charge >= 0.3 is 18.4 Å². The molecule has 2 amide bonds. The standard InChI is InChI=1S/C23H24F6N2O3S/c1-12-5-7-35-19(12)18-11-31(21(33)34)6-4-17(18)20(32)30(3)13(2)14-8-15(22(24,25)26)10-16(9-14)23(27,28)29/h5,7-10,13,17-18H,4,6,11H2,1-3H3,(H,33,34)/t13-,17-,18-/m0/s1. The predicted octanol–water partition coefficient (Wildman–Crippen LogP) is 6.40. The van der Waals surface area contributed by atoms with Gasteiger partial charge in [-0.25, -0.2) is 4.79 Å². The van der Waals surface area contributed by atoms with Crippen LogP contribution in [-0.2, 0) is 17.1 Å². The van der Waals surface area contributed by atoms with Crippen molar-refractivity contribution in [1.29, 1.82) is 0 Å². The number of nitrogens with zero attached hydrogens (tertiary/aromatic N) is 2. The number of hydrogen-bond acceptors (Lipinski definition) is 3. The van der Waals surface area contributed by atoms with Crippen molar-refractivity contribution in [3.05, 3.63) is 56.8 Å². The van der Waals surface area contributed by atoms with E-state index in [-0.39, 0.29) is 31.1 Å². The van der Waals surface area contributed by atoms with Gasteiger partial charge in [-0.3, -0.25) is 4.79 Å². The molecule has 0 spiro atoms. The zero-order valence-corrected chi connectivity index (χ0v) is 19.9. The van der Waals surface area contributed by atoms with Gasteiger partial charge in [-0.2, -0.15) is 26.3 Å². The molecular formula is C23H24F6N2O3S. The number of likely N-dealkylation sites (tertiary alicyclic amines) is 1. The molecule has 0 radical (unpaired) electrons. The molecule has 5 nitrogen and oxygen atoms in total. The van der Waals surface area contributed by atoms with Crippen LogP contribution in [0.1, 0.15) is 52.4 Å². The molecule has 2 heterocycles. The average Bonchev–Trinajstić information content (AvgIpc) is 3.21. The van der Waals surface area contributed by atoms with E-state index in [9.17, 15) is 41.0 Å². The second-order valence-corrected chi connectivity index (χ2v) is 9.61. The Hall–Kier alpha value is -2.76. The van der Waals surface area contributed by atoms with Crippen LogP contribution in [0, 0.1) is 12.8 Å². The van der Waals surface area contributed by atoms with Gasteiger partial charge in [-0.05, 0) is 61.0 Å². The van der Waals surface area contributed by atoms with E-state index in [1.54, 1.807) is 0 Å². The quantitative estimate of drug-likeness (QED) is 0.473. The van der Waals surface area contributed by atoms with E-state index in [4.69, 9.17) is 0 Å². The van der Waals surface area contributed by atoms with E-state index in [1.807, 2.05) is 18.4 Å². The van der Waals surface area contributed by atoms with Crippen LogP contribution in [0.5, 0.6) is 0 Å². The average molecular weight is 523 g/mol. The van der Waals surface area contributed by atoms with Gasteiger partial charge in [0.05, 0.1) is 17.2 Å². The first-order valence-corrected chi connectivity index (χ1v) is 11.6. The summed E-state index contributed by atoms with van der Waals surface area (Å²) in [4.78, 5) is 28.2. The van der Waals surface area contributed by atoms with Crippen molar-refractivity contribution in [1.82, 2.24) is 9.80 Å². The third-order valence-corrected chi connectivity index (χ3v) is 7.61. The number of carbonyl (C=O) groups excluding carboxylic acids is 1. The lowest BCUT2D eigenvalue weighted by molar-refractivity contribution is -0.143. The summed E-state index contributed by atoms with van der Waals surface area (Å²) in [6, 6.07) is 2.05. The topological polar surface area (TPSA) is 60.9 Å². The summed E-state index contributed by atoms with van der Waals surface area (Å²) in [6.45, 7) is 3.36. The van der Waals surface area contributed by atoms with Crippen LogP contribution < -0.4 is 0 Å². The number of thiophene rings is 1. The van der Waals surface area contributed by atoms with Crippen LogP contribution in [0.4, 0.5) is 31.1 Å². The number of carbonyl (C=O) groups is 2. The van der Waals surface area contributed by atoms with E-state index < -0.39 is 53.4 Å².